The van der Waals surface area contributed by atoms with E-state index >= 15 is 0 Å². The molecular weight excluding hydrogens is 445 g/mol. The molecule has 0 spiro atoms. The van der Waals surface area contributed by atoms with Crippen molar-refractivity contribution in [1.82, 2.24) is 24.6 Å². The van der Waals surface area contributed by atoms with Crippen molar-refractivity contribution in [2.75, 3.05) is 12.8 Å². The molecule has 0 radical (unpaired) electrons. The molecule has 170 valence electrons. The van der Waals surface area contributed by atoms with Crippen LogP contribution < -0.4 is 5.73 Å². The van der Waals surface area contributed by atoms with Crippen LogP contribution >= 0.6 is 0 Å². The van der Waals surface area contributed by atoms with E-state index in [1.807, 2.05) is 0 Å². The Morgan fingerprint density at radius 1 is 1.15 bits per heavy atom. The van der Waals surface area contributed by atoms with Crippen LogP contribution in [0.3, 0.4) is 0 Å². The molecule has 1 amide bonds. The van der Waals surface area contributed by atoms with E-state index in [0.717, 1.165) is 17.6 Å². The van der Waals surface area contributed by atoms with E-state index in [-0.39, 0.29) is 23.4 Å². The fourth-order valence-corrected chi connectivity index (χ4v) is 5.01. The van der Waals surface area contributed by atoms with Crippen molar-refractivity contribution in [3.63, 3.8) is 0 Å². The average Bonchev–Trinajstić information content (AvgIpc) is 3.27. The number of rotatable bonds is 2. The van der Waals surface area contributed by atoms with Crippen LogP contribution in [-0.2, 0) is 13.2 Å². The zero-order valence-electron chi connectivity index (χ0n) is 18.1. The molecule has 34 heavy (non-hydrogen) atoms. The number of benzene rings is 1. The molecule has 4 aromatic rings. The average molecular weight is 462 g/mol. The summed E-state index contributed by atoms with van der Waals surface area (Å²) < 4.78 is 41.4. The lowest BCUT2D eigenvalue weighted by Gasteiger charge is -2.31. The van der Waals surface area contributed by atoms with Crippen molar-refractivity contribution in [1.29, 1.82) is 0 Å². The number of nitrogens with zero attached hydrogens (tertiary/aromatic N) is 5. The SMILES string of the molecule is CN(C(=O)c1cc2c(cn1)nc(N)c1cnn(C)c12)[C@@H]1c2ccc(C(F)(F)F)cc2[C@@H]2C#C[C@H]12. The quantitative estimate of drug-likeness (QED) is 0.459. The van der Waals surface area contributed by atoms with E-state index in [0.29, 0.717) is 33.2 Å². The van der Waals surface area contributed by atoms with Crippen molar-refractivity contribution in [2.24, 2.45) is 13.0 Å². The molecule has 3 heterocycles. The maximum Gasteiger partial charge on any atom is 0.416 e. The Morgan fingerprint density at radius 3 is 2.65 bits per heavy atom. The molecular formula is C24H17F3N6O. The Morgan fingerprint density at radius 2 is 1.94 bits per heavy atom. The Balaban J connectivity index is 1.41. The first-order valence-corrected chi connectivity index (χ1v) is 10.5. The summed E-state index contributed by atoms with van der Waals surface area (Å²) in [6.45, 7) is 0. The van der Waals surface area contributed by atoms with E-state index < -0.39 is 17.8 Å². The highest BCUT2D eigenvalue weighted by molar-refractivity contribution is 6.09. The molecule has 0 fully saturated rings. The van der Waals surface area contributed by atoms with Crippen LogP contribution in [0.25, 0.3) is 21.8 Å². The second-order valence-electron chi connectivity index (χ2n) is 8.61. The molecule has 3 aromatic heterocycles. The van der Waals surface area contributed by atoms with E-state index in [4.69, 9.17) is 5.73 Å². The molecule has 6 rings (SSSR count). The third-order valence-corrected chi connectivity index (χ3v) is 6.72. The van der Waals surface area contributed by atoms with Gasteiger partial charge in [-0.05, 0) is 29.3 Å². The van der Waals surface area contributed by atoms with Crippen molar-refractivity contribution >= 4 is 33.5 Å². The largest absolute Gasteiger partial charge is 0.416 e. The molecule has 7 nitrogen and oxygen atoms in total. The zero-order valence-corrected chi connectivity index (χ0v) is 18.1. The standard InChI is InChI=1S/C24H17F3N6O/c1-32(20-13-6-5-12(13)15-7-11(24(25,26)27)3-4-14(15)20)23(34)18-8-16-19(10-29-18)31-22(28)17-9-30-33(2)21(16)17/h3-4,7-10,12-13,20H,1-2H3,(H2,28,31)/t12-,13+,20+/m1/s1. The molecule has 2 aliphatic rings. The maximum atomic E-state index is 13.5. The predicted octanol–water partition coefficient (Wildman–Crippen LogP) is 3.66. The van der Waals surface area contributed by atoms with Gasteiger partial charge in [0.1, 0.15) is 11.5 Å². The van der Waals surface area contributed by atoms with Gasteiger partial charge in [0.05, 0.1) is 52.3 Å². The normalized spacial score (nSPS) is 20.4. The van der Waals surface area contributed by atoms with E-state index in [2.05, 4.69) is 26.9 Å². The molecule has 2 N–H and O–H groups in total. The maximum absolute atomic E-state index is 13.5. The number of aromatic nitrogens is 4. The lowest BCUT2D eigenvalue weighted by molar-refractivity contribution is -0.137. The molecule has 10 heteroatoms. The number of alkyl halides is 3. The van der Waals surface area contributed by atoms with Crippen molar-refractivity contribution in [3.05, 3.63) is 59.0 Å². The Kier molecular flexibility index (Phi) is 4.03. The summed E-state index contributed by atoms with van der Waals surface area (Å²) in [7, 11) is 3.40. The van der Waals surface area contributed by atoms with Gasteiger partial charge in [0.2, 0.25) is 0 Å². The summed E-state index contributed by atoms with van der Waals surface area (Å²) in [4.78, 5) is 23.7. The number of nitrogen functional groups attached to an aromatic ring is 1. The summed E-state index contributed by atoms with van der Waals surface area (Å²) in [5.41, 5.74) is 7.97. The fourth-order valence-electron chi connectivity index (χ4n) is 5.01. The topological polar surface area (TPSA) is 89.9 Å². The van der Waals surface area contributed by atoms with Gasteiger partial charge in [-0.15, -0.1) is 0 Å². The van der Waals surface area contributed by atoms with Gasteiger partial charge in [-0.1, -0.05) is 17.9 Å². The fraction of sp³-hybridized carbons (Fsp3) is 0.250. The highest BCUT2D eigenvalue weighted by Gasteiger charge is 2.47. The number of carbonyl (C=O) groups is 1. The number of pyridine rings is 2. The summed E-state index contributed by atoms with van der Waals surface area (Å²) in [5.74, 6) is 5.38. The Bertz CT molecular complexity index is 1600. The van der Waals surface area contributed by atoms with Crippen LogP contribution in [0.1, 0.15) is 39.1 Å². The van der Waals surface area contributed by atoms with Gasteiger partial charge in [0.15, 0.2) is 0 Å². The number of fused-ring (bicyclic) bond motifs is 6. The minimum atomic E-state index is -4.44. The van der Waals surface area contributed by atoms with Gasteiger partial charge in [0, 0.05) is 19.5 Å². The van der Waals surface area contributed by atoms with Crippen LogP contribution in [0.2, 0.25) is 0 Å². The molecule has 0 saturated heterocycles. The van der Waals surface area contributed by atoms with Gasteiger partial charge in [-0.2, -0.15) is 18.3 Å². The highest BCUT2D eigenvalue weighted by atomic mass is 19.4. The minimum absolute atomic E-state index is 0.188. The summed E-state index contributed by atoms with van der Waals surface area (Å²) in [6.07, 6.45) is -1.33. The number of hydrogen-bond acceptors (Lipinski definition) is 5. The second kappa shape index (κ2) is 6.70. The van der Waals surface area contributed by atoms with Crippen molar-refractivity contribution in [3.8, 4) is 11.8 Å². The Hall–Kier alpha value is -4.13. The third kappa shape index (κ3) is 2.73. The lowest BCUT2D eigenvalue weighted by atomic mass is 9.83. The Labute approximate surface area is 191 Å². The number of aryl methyl sites for hydroxylation is 1. The number of anilines is 1. The van der Waals surface area contributed by atoms with Crippen LogP contribution in [0.4, 0.5) is 19.0 Å². The van der Waals surface area contributed by atoms with E-state index in [9.17, 15) is 18.0 Å². The molecule has 0 unspecified atom stereocenters. The van der Waals surface area contributed by atoms with Gasteiger partial charge >= 0.3 is 6.18 Å². The second-order valence-corrected chi connectivity index (χ2v) is 8.61. The van der Waals surface area contributed by atoms with Crippen molar-refractivity contribution < 1.29 is 18.0 Å². The first-order valence-electron chi connectivity index (χ1n) is 10.5. The van der Waals surface area contributed by atoms with E-state index in [1.54, 1.807) is 31.0 Å². The molecule has 0 aliphatic heterocycles. The van der Waals surface area contributed by atoms with Crippen LogP contribution in [-0.4, -0.2) is 37.6 Å². The molecule has 1 aromatic carbocycles. The zero-order chi connectivity index (χ0) is 23.9. The summed E-state index contributed by atoms with van der Waals surface area (Å²) >= 11 is 0. The summed E-state index contributed by atoms with van der Waals surface area (Å²) in [5, 5.41) is 5.59. The molecule has 3 atom stereocenters. The highest BCUT2D eigenvalue weighted by Crippen LogP contribution is 2.52. The van der Waals surface area contributed by atoms with Crippen molar-refractivity contribution in [2.45, 2.75) is 18.1 Å². The molecule has 0 bridgehead atoms. The smallest absolute Gasteiger partial charge is 0.383 e. The molecule has 2 aliphatic carbocycles. The third-order valence-electron chi connectivity index (χ3n) is 6.72. The monoisotopic (exact) mass is 462 g/mol. The number of halogens is 3. The first-order chi connectivity index (χ1) is 16.1. The predicted molar refractivity (Wildman–Crippen MR) is 119 cm³/mol. The van der Waals surface area contributed by atoms with Gasteiger partial charge < -0.3 is 10.6 Å². The number of carbonyl (C=O) groups excluding carboxylic acids is 1. The number of hydrogen-bond donors (Lipinski definition) is 1. The van der Waals surface area contributed by atoms with Gasteiger partial charge in [0.25, 0.3) is 5.91 Å². The van der Waals surface area contributed by atoms with Gasteiger partial charge in [-0.3, -0.25) is 9.48 Å². The van der Waals surface area contributed by atoms with Crippen LogP contribution in [0, 0.1) is 17.8 Å². The lowest BCUT2D eigenvalue weighted by Crippen LogP contribution is -2.35. The van der Waals surface area contributed by atoms with Crippen LogP contribution in [0.15, 0.2) is 36.7 Å². The first kappa shape index (κ1) is 20.5. The summed E-state index contributed by atoms with van der Waals surface area (Å²) in [6, 6.07) is 4.85. The number of nitrogens with two attached hydrogens (primary N) is 1. The van der Waals surface area contributed by atoms with Crippen LogP contribution in [0.5, 0.6) is 0 Å². The minimum Gasteiger partial charge on any atom is -0.383 e. The van der Waals surface area contributed by atoms with E-state index in [1.165, 1.54) is 17.2 Å². The molecule has 0 saturated carbocycles. The van der Waals surface area contributed by atoms with Gasteiger partial charge in [-0.25, -0.2) is 9.97 Å². The number of amides is 1.